The third-order valence-corrected chi connectivity index (χ3v) is 2.90. The van der Waals surface area contributed by atoms with E-state index in [2.05, 4.69) is 17.9 Å². The maximum Gasteiger partial charge on any atom is 0.0951 e. The molecule has 0 aromatic heterocycles. The molecule has 1 fully saturated rings. The van der Waals surface area contributed by atoms with Crippen LogP contribution in [0.15, 0.2) is 0 Å². The number of nitriles is 1. The molecule has 0 N–H and O–H groups in total. The van der Waals surface area contributed by atoms with Gasteiger partial charge in [0.1, 0.15) is 0 Å². The summed E-state index contributed by atoms with van der Waals surface area (Å²) in [5.74, 6) is 0. The van der Waals surface area contributed by atoms with Gasteiger partial charge in [0.2, 0.25) is 0 Å². The quantitative estimate of drug-likeness (QED) is 0.647. The summed E-state index contributed by atoms with van der Waals surface area (Å²) >= 11 is 0. The van der Waals surface area contributed by atoms with Gasteiger partial charge in [-0.15, -0.1) is 0 Å². The molecule has 0 bridgehead atoms. The van der Waals surface area contributed by atoms with Crippen molar-refractivity contribution in [1.29, 1.82) is 5.26 Å². The van der Waals surface area contributed by atoms with Crippen LogP contribution in [0.5, 0.6) is 0 Å². The highest BCUT2D eigenvalue weighted by Crippen LogP contribution is 2.20. The summed E-state index contributed by atoms with van der Waals surface area (Å²) in [6.45, 7) is 5.11. The van der Waals surface area contributed by atoms with Crippen LogP contribution < -0.4 is 0 Å². The molecule has 3 nitrogen and oxygen atoms in total. The normalized spacial score (nSPS) is 32.5. The molecule has 0 saturated carbocycles. The Kier molecular flexibility index (Phi) is 3.71. The van der Waals surface area contributed by atoms with Crippen LogP contribution in [0, 0.1) is 11.3 Å². The average Bonchev–Trinajstić information content (AvgIpc) is 2.16. The Labute approximate surface area is 80.3 Å². The zero-order chi connectivity index (χ0) is 9.84. The maximum absolute atomic E-state index is 8.80. The highest BCUT2D eigenvalue weighted by atomic mass is 16.5. The van der Waals surface area contributed by atoms with Gasteiger partial charge in [0.15, 0.2) is 0 Å². The predicted molar refractivity (Wildman–Crippen MR) is 51.3 cm³/mol. The van der Waals surface area contributed by atoms with Gasteiger partial charge >= 0.3 is 0 Å². The topological polar surface area (TPSA) is 36.3 Å². The van der Waals surface area contributed by atoms with Crippen molar-refractivity contribution >= 4 is 0 Å². The van der Waals surface area contributed by atoms with E-state index in [9.17, 15) is 0 Å². The van der Waals surface area contributed by atoms with E-state index in [1.807, 2.05) is 6.92 Å². The standard InChI is InChI=1S/C10H18N2O/c1-8-6-10(13-3)4-5-12(8)9(2)7-11/h8-10H,4-6H2,1-3H3. The molecule has 0 spiro atoms. The Balaban J connectivity index is 2.49. The summed E-state index contributed by atoms with van der Waals surface area (Å²) < 4.78 is 5.31. The second-order valence-electron chi connectivity index (χ2n) is 3.77. The highest BCUT2D eigenvalue weighted by molar-refractivity contribution is 4.93. The fourth-order valence-electron chi connectivity index (χ4n) is 2.01. The number of ether oxygens (including phenoxy) is 1. The lowest BCUT2D eigenvalue weighted by molar-refractivity contribution is 0.00962. The van der Waals surface area contributed by atoms with Gasteiger partial charge in [0.25, 0.3) is 0 Å². The molecule has 0 amide bonds. The van der Waals surface area contributed by atoms with Crippen molar-refractivity contribution < 1.29 is 4.74 Å². The van der Waals surface area contributed by atoms with Crippen molar-refractivity contribution in [2.45, 2.75) is 44.9 Å². The fourth-order valence-corrected chi connectivity index (χ4v) is 2.01. The van der Waals surface area contributed by atoms with E-state index < -0.39 is 0 Å². The molecular weight excluding hydrogens is 164 g/mol. The summed E-state index contributed by atoms with van der Waals surface area (Å²) in [7, 11) is 1.76. The number of piperidine rings is 1. The minimum Gasteiger partial charge on any atom is -0.381 e. The summed E-state index contributed by atoms with van der Waals surface area (Å²) in [6.07, 6.45) is 2.48. The third kappa shape index (κ3) is 2.43. The second-order valence-corrected chi connectivity index (χ2v) is 3.77. The van der Waals surface area contributed by atoms with E-state index in [0.29, 0.717) is 12.1 Å². The Morgan fingerprint density at radius 3 is 2.77 bits per heavy atom. The van der Waals surface area contributed by atoms with Crippen LogP contribution in [0.1, 0.15) is 26.7 Å². The Bertz CT molecular complexity index is 200. The number of hydrogen-bond donors (Lipinski definition) is 0. The van der Waals surface area contributed by atoms with Crippen molar-refractivity contribution in [2.75, 3.05) is 13.7 Å². The van der Waals surface area contributed by atoms with Gasteiger partial charge in [-0.3, -0.25) is 4.90 Å². The molecule has 1 aliphatic heterocycles. The summed E-state index contributed by atoms with van der Waals surface area (Å²) in [6, 6.07) is 2.78. The third-order valence-electron chi connectivity index (χ3n) is 2.90. The summed E-state index contributed by atoms with van der Waals surface area (Å²) in [5.41, 5.74) is 0. The lowest BCUT2D eigenvalue weighted by atomic mass is 9.99. The molecule has 3 unspecified atom stereocenters. The molecule has 1 heterocycles. The lowest BCUT2D eigenvalue weighted by Crippen LogP contribution is -2.47. The number of likely N-dealkylation sites (tertiary alicyclic amines) is 1. The van der Waals surface area contributed by atoms with Crippen LogP contribution in [0.2, 0.25) is 0 Å². The largest absolute Gasteiger partial charge is 0.381 e. The van der Waals surface area contributed by atoms with E-state index in [1.165, 1.54) is 0 Å². The molecule has 0 radical (unpaired) electrons. The van der Waals surface area contributed by atoms with E-state index in [4.69, 9.17) is 10.00 Å². The van der Waals surface area contributed by atoms with E-state index in [1.54, 1.807) is 7.11 Å². The summed E-state index contributed by atoms with van der Waals surface area (Å²) in [4.78, 5) is 2.25. The zero-order valence-electron chi connectivity index (χ0n) is 8.66. The van der Waals surface area contributed by atoms with Gasteiger partial charge in [-0.2, -0.15) is 5.26 Å². The van der Waals surface area contributed by atoms with Gasteiger partial charge in [0, 0.05) is 19.7 Å². The number of hydrogen-bond acceptors (Lipinski definition) is 3. The molecule has 3 atom stereocenters. The first-order chi connectivity index (χ1) is 6.19. The molecule has 0 aromatic rings. The minimum atomic E-state index is 0.0350. The van der Waals surface area contributed by atoms with Crippen LogP contribution in [0.4, 0.5) is 0 Å². The van der Waals surface area contributed by atoms with Crippen molar-refractivity contribution in [3.63, 3.8) is 0 Å². The first-order valence-electron chi connectivity index (χ1n) is 4.87. The van der Waals surface area contributed by atoms with Gasteiger partial charge in [-0.25, -0.2) is 0 Å². The van der Waals surface area contributed by atoms with Crippen molar-refractivity contribution in [1.82, 2.24) is 4.90 Å². The fraction of sp³-hybridized carbons (Fsp3) is 0.900. The van der Waals surface area contributed by atoms with Crippen LogP contribution in [0.3, 0.4) is 0 Å². The molecular formula is C10H18N2O. The summed E-state index contributed by atoms with van der Waals surface area (Å²) in [5, 5.41) is 8.80. The predicted octanol–water partition coefficient (Wildman–Crippen LogP) is 1.40. The Hall–Kier alpha value is -0.590. The smallest absolute Gasteiger partial charge is 0.0951 e. The van der Waals surface area contributed by atoms with Crippen LogP contribution in [-0.2, 0) is 4.74 Å². The zero-order valence-corrected chi connectivity index (χ0v) is 8.66. The van der Waals surface area contributed by atoms with E-state index in [0.717, 1.165) is 19.4 Å². The molecule has 13 heavy (non-hydrogen) atoms. The minimum absolute atomic E-state index is 0.0350. The molecule has 74 valence electrons. The van der Waals surface area contributed by atoms with Gasteiger partial charge in [-0.1, -0.05) is 0 Å². The van der Waals surface area contributed by atoms with E-state index >= 15 is 0 Å². The van der Waals surface area contributed by atoms with Gasteiger partial charge in [0.05, 0.1) is 18.2 Å². The van der Waals surface area contributed by atoms with E-state index in [-0.39, 0.29) is 6.04 Å². The number of rotatable bonds is 2. The van der Waals surface area contributed by atoms with Gasteiger partial charge in [-0.05, 0) is 26.7 Å². The number of methoxy groups -OCH3 is 1. The molecule has 3 heteroatoms. The molecule has 1 saturated heterocycles. The Morgan fingerprint density at radius 2 is 2.31 bits per heavy atom. The molecule has 1 rings (SSSR count). The van der Waals surface area contributed by atoms with Crippen LogP contribution in [-0.4, -0.2) is 36.7 Å². The Morgan fingerprint density at radius 1 is 1.62 bits per heavy atom. The highest BCUT2D eigenvalue weighted by Gasteiger charge is 2.28. The number of nitrogens with zero attached hydrogens (tertiary/aromatic N) is 2. The molecule has 0 aromatic carbocycles. The first-order valence-corrected chi connectivity index (χ1v) is 4.87. The van der Waals surface area contributed by atoms with Crippen LogP contribution >= 0.6 is 0 Å². The van der Waals surface area contributed by atoms with Crippen LogP contribution in [0.25, 0.3) is 0 Å². The SMILES string of the molecule is COC1CCN(C(C)C#N)C(C)C1. The van der Waals surface area contributed by atoms with Gasteiger partial charge < -0.3 is 4.74 Å². The maximum atomic E-state index is 8.80. The first kappa shape index (κ1) is 10.5. The monoisotopic (exact) mass is 182 g/mol. The van der Waals surface area contributed by atoms with Crippen molar-refractivity contribution in [2.24, 2.45) is 0 Å². The lowest BCUT2D eigenvalue weighted by Gasteiger charge is -2.38. The molecule has 1 aliphatic rings. The van der Waals surface area contributed by atoms with Crippen molar-refractivity contribution in [3.05, 3.63) is 0 Å². The second kappa shape index (κ2) is 4.59. The van der Waals surface area contributed by atoms with Crippen molar-refractivity contribution in [3.8, 4) is 6.07 Å². The molecule has 0 aliphatic carbocycles. The average molecular weight is 182 g/mol.